The van der Waals surface area contributed by atoms with E-state index in [4.69, 9.17) is 4.42 Å². The molecule has 2 nitrogen and oxygen atoms in total. The van der Waals surface area contributed by atoms with Gasteiger partial charge in [-0.05, 0) is 30.7 Å². The van der Waals surface area contributed by atoms with Gasteiger partial charge in [-0.2, -0.15) is 0 Å². The van der Waals surface area contributed by atoms with E-state index >= 15 is 0 Å². The summed E-state index contributed by atoms with van der Waals surface area (Å²) in [5, 5.41) is 0. The van der Waals surface area contributed by atoms with Crippen LogP contribution in [0.3, 0.4) is 0 Å². The van der Waals surface area contributed by atoms with Crippen LogP contribution >= 0.6 is 15.9 Å². The summed E-state index contributed by atoms with van der Waals surface area (Å²) < 4.78 is 5.32. The van der Waals surface area contributed by atoms with E-state index in [2.05, 4.69) is 27.0 Å². The van der Waals surface area contributed by atoms with Crippen molar-refractivity contribution in [2.75, 3.05) is 0 Å². The summed E-state index contributed by atoms with van der Waals surface area (Å²) in [6, 6.07) is 7.98. The molecule has 15 heavy (non-hydrogen) atoms. The fourth-order valence-electron chi connectivity index (χ4n) is 1.37. The topological polar surface area (TPSA) is 26.0 Å². The van der Waals surface area contributed by atoms with Crippen molar-refractivity contribution in [3.8, 4) is 0 Å². The van der Waals surface area contributed by atoms with Gasteiger partial charge in [0.05, 0.1) is 11.1 Å². The van der Waals surface area contributed by atoms with Crippen molar-refractivity contribution in [3.05, 3.63) is 53.7 Å². The number of pyridine rings is 1. The van der Waals surface area contributed by atoms with Gasteiger partial charge in [0, 0.05) is 18.3 Å². The number of nitrogens with zero attached hydrogens (tertiary/aromatic N) is 1. The standard InChI is InChI=1S/C12H12BrNO/c1-9-4-5-10(14-8-9)7-11(13)12-3-2-6-15-12/h2-6,8,11H,7H2,1H3. The second-order valence-corrected chi connectivity index (χ2v) is 4.62. The molecule has 0 spiro atoms. The highest BCUT2D eigenvalue weighted by Crippen LogP contribution is 2.26. The zero-order valence-corrected chi connectivity index (χ0v) is 10.1. The monoisotopic (exact) mass is 265 g/mol. The molecular formula is C12H12BrNO. The molecule has 0 aliphatic heterocycles. The predicted molar refractivity (Wildman–Crippen MR) is 63.1 cm³/mol. The minimum absolute atomic E-state index is 0.197. The van der Waals surface area contributed by atoms with Crippen LogP contribution in [-0.4, -0.2) is 4.98 Å². The molecule has 0 saturated heterocycles. The summed E-state index contributed by atoms with van der Waals surface area (Å²) in [4.78, 5) is 4.55. The third-order valence-corrected chi connectivity index (χ3v) is 2.99. The van der Waals surface area contributed by atoms with Crippen molar-refractivity contribution in [3.63, 3.8) is 0 Å². The molecule has 2 heterocycles. The van der Waals surface area contributed by atoms with Crippen LogP contribution in [-0.2, 0) is 6.42 Å². The Labute approximate surface area is 97.5 Å². The van der Waals surface area contributed by atoms with Crippen LogP contribution in [0.5, 0.6) is 0 Å². The molecule has 0 N–H and O–H groups in total. The zero-order chi connectivity index (χ0) is 10.7. The van der Waals surface area contributed by atoms with Crippen LogP contribution < -0.4 is 0 Å². The molecule has 1 unspecified atom stereocenters. The van der Waals surface area contributed by atoms with E-state index in [1.54, 1.807) is 6.26 Å². The van der Waals surface area contributed by atoms with E-state index in [9.17, 15) is 0 Å². The molecule has 0 aliphatic rings. The third-order valence-electron chi connectivity index (χ3n) is 2.21. The van der Waals surface area contributed by atoms with Crippen molar-refractivity contribution in [1.29, 1.82) is 0 Å². The maximum absolute atomic E-state index is 5.32. The Bertz CT molecular complexity index is 408. The molecule has 1 atom stereocenters. The lowest BCUT2D eigenvalue weighted by Crippen LogP contribution is -1.96. The van der Waals surface area contributed by atoms with Gasteiger partial charge in [-0.25, -0.2) is 0 Å². The summed E-state index contributed by atoms with van der Waals surface area (Å²) in [7, 11) is 0. The number of rotatable bonds is 3. The first-order valence-electron chi connectivity index (χ1n) is 4.85. The lowest BCUT2D eigenvalue weighted by atomic mass is 10.2. The first-order valence-corrected chi connectivity index (χ1v) is 5.76. The number of furan rings is 1. The third kappa shape index (κ3) is 2.69. The molecule has 2 aromatic heterocycles. The van der Waals surface area contributed by atoms with Crippen molar-refractivity contribution in [1.82, 2.24) is 4.98 Å². The van der Waals surface area contributed by atoms with E-state index in [-0.39, 0.29) is 4.83 Å². The van der Waals surface area contributed by atoms with Crippen LogP contribution in [0.4, 0.5) is 0 Å². The molecule has 3 heteroatoms. The van der Waals surface area contributed by atoms with E-state index in [1.165, 1.54) is 5.56 Å². The number of alkyl halides is 1. The second-order valence-electron chi connectivity index (χ2n) is 3.51. The van der Waals surface area contributed by atoms with Crippen molar-refractivity contribution in [2.24, 2.45) is 0 Å². The van der Waals surface area contributed by atoms with Gasteiger partial charge in [0.2, 0.25) is 0 Å². The Morgan fingerprint density at radius 3 is 2.87 bits per heavy atom. The maximum Gasteiger partial charge on any atom is 0.117 e. The summed E-state index contributed by atoms with van der Waals surface area (Å²) in [5.74, 6) is 0.942. The Morgan fingerprint density at radius 1 is 1.40 bits per heavy atom. The number of hydrogen-bond acceptors (Lipinski definition) is 2. The highest BCUT2D eigenvalue weighted by Gasteiger charge is 2.11. The Morgan fingerprint density at radius 2 is 2.27 bits per heavy atom. The summed E-state index contributed by atoms with van der Waals surface area (Å²) in [5.41, 5.74) is 2.25. The second kappa shape index (κ2) is 4.62. The van der Waals surface area contributed by atoms with Crippen LogP contribution in [0.1, 0.15) is 21.8 Å². The van der Waals surface area contributed by atoms with Gasteiger partial charge in [-0.15, -0.1) is 0 Å². The summed E-state index contributed by atoms with van der Waals surface area (Å²) >= 11 is 3.59. The molecule has 2 rings (SSSR count). The van der Waals surface area contributed by atoms with E-state index in [0.717, 1.165) is 17.9 Å². The summed E-state index contributed by atoms with van der Waals surface area (Å²) in [6.07, 6.45) is 4.41. The van der Waals surface area contributed by atoms with Crippen molar-refractivity contribution < 1.29 is 4.42 Å². The Balaban J connectivity index is 2.06. The quantitative estimate of drug-likeness (QED) is 0.792. The van der Waals surface area contributed by atoms with Gasteiger partial charge in [0.25, 0.3) is 0 Å². The van der Waals surface area contributed by atoms with E-state index in [0.29, 0.717) is 0 Å². The summed E-state index contributed by atoms with van der Waals surface area (Å²) in [6.45, 7) is 2.04. The first kappa shape index (κ1) is 10.4. The molecule has 0 bridgehead atoms. The smallest absolute Gasteiger partial charge is 0.117 e. The van der Waals surface area contributed by atoms with E-state index in [1.807, 2.05) is 31.3 Å². The number of hydrogen-bond donors (Lipinski definition) is 0. The predicted octanol–water partition coefficient (Wildman–Crippen LogP) is 3.66. The van der Waals surface area contributed by atoms with Crippen LogP contribution in [0, 0.1) is 6.92 Å². The molecule has 0 radical (unpaired) electrons. The van der Waals surface area contributed by atoms with Crippen molar-refractivity contribution >= 4 is 15.9 Å². The van der Waals surface area contributed by atoms with Gasteiger partial charge in [-0.3, -0.25) is 4.98 Å². The van der Waals surface area contributed by atoms with Crippen molar-refractivity contribution in [2.45, 2.75) is 18.2 Å². The molecule has 0 saturated carbocycles. The number of halogens is 1. The van der Waals surface area contributed by atoms with Gasteiger partial charge >= 0.3 is 0 Å². The molecule has 78 valence electrons. The normalized spacial score (nSPS) is 12.7. The average Bonchev–Trinajstić information content (AvgIpc) is 2.74. The largest absolute Gasteiger partial charge is 0.468 e. The van der Waals surface area contributed by atoms with Gasteiger partial charge < -0.3 is 4.42 Å². The SMILES string of the molecule is Cc1ccc(CC(Br)c2ccco2)nc1. The van der Waals surface area contributed by atoms with Gasteiger partial charge in [0.15, 0.2) is 0 Å². The average molecular weight is 266 g/mol. The van der Waals surface area contributed by atoms with E-state index < -0.39 is 0 Å². The molecule has 0 aromatic carbocycles. The lowest BCUT2D eigenvalue weighted by Gasteiger charge is -2.06. The fourth-order valence-corrected chi connectivity index (χ4v) is 1.97. The highest BCUT2D eigenvalue weighted by molar-refractivity contribution is 9.09. The van der Waals surface area contributed by atoms with Crippen LogP contribution in [0.25, 0.3) is 0 Å². The maximum atomic E-state index is 5.32. The number of aromatic nitrogens is 1. The molecule has 2 aromatic rings. The fraction of sp³-hybridized carbons (Fsp3) is 0.250. The highest BCUT2D eigenvalue weighted by atomic mass is 79.9. The Kier molecular flexibility index (Phi) is 3.21. The first-order chi connectivity index (χ1) is 7.25. The Hall–Kier alpha value is -1.09. The van der Waals surface area contributed by atoms with Crippen LogP contribution in [0.2, 0.25) is 0 Å². The van der Waals surface area contributed by atoms with Crippen LogP contribution in [0.15, 0.2) is 41.1 Å². The number of aryl methyl sites for hydroxylation is 1. The van der Waals surface area contributed by atoms with Gasteiger partial charge in [0.1, 0.15) is 5.76 Å². The van der Waals surface area contributed by atoms with Gasteiger partial charge in [-0.1, -0.05) is 22.0 Å². The molecule has 0 aliphatic carbocycles. The minimum Gasteiger partial charge on any atom is -0.468 e. The molecule has 0 amide bonds. The zero-order valence-electron chi connectivity index (χ0n) is 8.48. The lowest BCUT2D eigenvalue weighted by molar-refractivity contribution is 0.506. The molecular weight excluding hydrogens is 254 g/mol. The molecule has 0 fully saturated rings. The minimum atomic E-state index is 0.197.